The zero-order valence-electron chi connectivity index (χ0n) is 14.6. The van der Waals surface area contributed by atoms with E-state index in [1.807, 2.05) is 20.8 Å². The largest absolute Gasteiger partial charge is 0.444 e. The molecule has 1 saturated heterocycles. The number of carbonyl (C=O) groups excluding carboxylic acids is 1. The van der Waals surface area contributed by atoms with Gasteiger partial charge in [-0.1, -0.05) is 11.6 Å². The Balaban J connectivity index is 1.71. The molecule has 0 aliphatic carbocycles. The molecule has 0 unspecified atom stereocenters. The van der Waals surface area contributed by atoms with E-state index in [0.717, 1.165) is 18.5 Å². The molecule has 25 heavy (non-hydrogen) atoms. The van der Waals surface area contributed by atoms with Crippen LogP contribution < -0.4 is 0 Å². The summed E-state index contributed by atoms with van der Waals surface area (Å²) < 4.78 is 19.5. The second-order valence-corrected chi connectivity index (χ2v) is 7.73. The Morgan fingerprint density at radius 2 is 2.00 bits per heavy atom. The van der Waals surface area contributed by atoms with E-state index < -0.39 is 11.4 Å². The fraction of sp³-hybridized carbons (Fsp3) is 0.500. The van der Waals surface area contributed by atoms with Crippen LogP contribution in [-0.2, 0) is 4.74 Å². The number of nitrogens with zero attached hydrogens (tertiary/aromatic N) is 3. The molecule has 3 rings (SSSR count). The normalized spacial score (nSPS) is 16.3. The van der Waals surface area contributed by atoms with Gasteiger partial charge in [-0.2, -0.15) is 0 Å². The van der Waals surface area contributed by atoms with Crippen LogP contribution >= 0.6 is 11.6 Å². The summed E-state index contributed by atoms with van der Waals surface area (Å²) in [6.07, 6.45) is 2.87. The van der Waals surface area contributed by atoms with Crippen molar-refractivity contribution in [3.8, 4) is 0 Å². The van der Waals surface area contributed by atoms with Crippen LogP contribution in [0.15, 0.2) is 18.3 Å². The van der Waals surface area contributed by atoms with Crippen molar-refractivity contribution < 1.29 is 13.9 Å². The van der Waals surface area contributed by atoms with Gasteiger partial charge < -0.3 is 9.64 Å². The lowest BCUT2D eigenvalue weighted by atomic mass is 9.94. The van der Waals surface area contributed by atoms with Crippen LogP contribution in [0.2, 0.25) is 5.02 Å². The standard InChI is InChI=1S/C18H21ClFN3O2/c1-18(2,3)25-17(24)23-6-4-11(5-7-23)15-10-21-14-9-12(19)8-13(20)16(14)22-15/h8-11H,4-7H2,1-3H3. The third-order valence-corrected chi connectivity index (χ3v) is 4.37. The lowest BCUT2D eigenvalue weighted by Crippen LogP contribution is -2.41. The zero-order valence-corrected chi connectivity index (χ0v) is 15.3. The van der Waals surface area contributed by atoms with Crippen molar-refractivity contribution in [3.63, 3.8) is 0 Å². The van der Waals surface area contributed by atoms with E-state index in [1.54, 1.807) is 17.2 Å². The zero-order chi connectivity index (χ0) is 18.2. The number of likely N-dealkylation sites (tertiary alicyclic amines) is 1. The number of carbonyl (C=O) groups is 1. The molecule has 0 bridgehead atoms. The van der Waals surface area contributed by atoms with Crippen LogP contribution in [0.25, 0.3) is 11.0 Å². The van der Waals surface area contributed by atoms with E-state index in [1.165, 1.54) is 6.07 Å². The van der Waals surface area contributed by atoms with E-state index >= 15 is 0 Å². The topological polar surface area (TPSA) is 55.3 Å². The predicted octanol–water partition coefficient (Wildman–Crippen LogP) is 4.54. The number of benzene rings is 1. The van der Waals surface area contributed by atoms with Gasteiger partial charge in [-0.15, -0.1) is 0 Å². The van der Waals surface area contributed by atoms with Crippen LogP contribution in [0.1, 0.15) is 45.2 Å². The molecule has 0 atom stereocenters. The second kappa shape index (κ2) is 6.75. The summed E-state index contributed by atoms with van der Waals surface area (Å²) in [4.78, 5) is 22.6. The molecule has 2 heterocycles. The van der Waals surface area contributed by atoms with Crippen LogP contribution in [-0.4, -0.2) is 39.7 Å². The number of fused-ring (bicyclic) bond motifs is 1. The van der Waals surface area contributed by atoms with E-state index in [-0.39, 0.29) is 17.5 Å². The van der Waals surface area contributed by atoms with E-state index in [2.05, 4.69) is 9.97 Å². The highest BCUT2D eigenvalue weighted by atomic mass is 35.5. The molecule has 7 heteroatoms. The lowest BCUT2D eigenvalue weighted by molar-refractivity contribution is 0.0204. The van der Waals surface area contributed by atoms with Crippen molar-refractivity contribution in [2.24, 2.45) is 0 Å². The molecule has 1 aliphatic rings. The Labute approximate surface area is 151 Å². The number of hydrogen-bond donors (Lipinski definition) is 0. The fourth-order valence-corrected chi connectivity index (χ4v) is 3.14. The molecule has 134 valence electrons. The summed E-state index contributed by atoms with van der Waals surface area (Å²) >= 11 is 5.85. The van der Waals surface area contributed by atoms with Crippen molar-refractivity contribution in [1.29, 1.82) is 0 Å². The predicted molar refractivity (Wildman–Crippen MR) is 94.3 cm³/mol. The molecule has 1 amide bonds. The SMILES string of the molecule is CC(C)(C)OC(=O)N1CCC(c2cnc3cc(Cl)cc(F)c3n2)CC1. The van der Waals surface area contributed by atoms with Gasteiger partial charge in [-0.3, -0.25) is 4.98 Å². The molecular weight excluding hydrogens is 345 g/mol. The van der Waals surface area contributed by atoms with Gasteiger partial charge in [0, 0.05) is 30.2 Å². The van der Waals surface area contributed by atoms with Gasteiger partial charge in [0.15, 0.2) is 5.82 Å². The van der Waals surface area contributed by atoms with E-state index in [0.29, 0.717) is 23.6 Å². The highest BCUT2D eigenvalue weighted by Crippen LogP contribution is 2.29. The smallest absolute Gasteiger partial charge is 0.410 e. The summed E-state index contributed by atoms with van der Waals surface area (Å²) in [6.45, 7) is 6.72. The summed E-state index contributed by atoms with van der Waals surface area (Å²) in [7, 11) is 0. The Morgan fingerprint density at radius 1 is 1.32 bits per heavy atom. The Kier molecular flexibility index (Phi) is 4.82. The number of halogens is 2. The Hall–Kier alpha value is -1.95. The number of piperidine rings is 1. The quantitative estimate of drug-likeness (QED) is 0.744. The monoisotopic (exact) mass is 365 g/mol. The Morgan fingerprint density at radius 3 is 2.64 bits per heavy atom. The molecule has 1 aromatic carbocycles. The maximum atomic E-state index is 14.1. The van der Waals surface area contributed by atoms with Crippen molar-refractivity contribution in [2.45, 2.75) is 45.1 Å². The minimum Gasteiger partial charge on any atom is -0.444 e. The van der Waals surface area contributed by atoms with E-state index in [4.69, 9.17) is 16.3 Å². The number of aromatic nitrogens is 2. The molecular formula is C18H21ClFN3O2. The molecule has 1 fully saturated rings. The first-order chi connectivity index (χ1) is 11.7. The van der Waals surface area contributed by atoms with Gasteiger partial charge >= 0.3 is 6.09 Å². The third kappa shape index (κ3) is 4.18. The second-order valence-electron chi connectivity index (χ2n) is 7.29. The fourth-order valence-electron chi connectivity index (χ4n) is 2.94. The average Bonchev–Trinajstić information content (AvgIpc) is 2.53. The molecule has 2 aromatic rings. The summed E-state index contributed by atoms with van der Waals surface area (Å²) in [6, 6.07) is 2.84. The summed E-state index contributed by atoms with van der Waals surface area (Å²) in [5.41, 5.74) is 0.922. The van der Waals surface area contributed by atoms with Crippen LogP contribution in [0, 0.1) is 5.82 Å². The van der Waals surface area contributed by atoms with Gasteiger partial charge in [-0.05, 0) is 45.7 Å². The minimum atomic E-state index is -0.503. The van der Waals surface area contributed by atoms with Crippen LogP contribution in [0.4, 0.5) is 9.18 Å². The van der Waals surface area contributed by atoms with Crippen molar-refractivity contribution in [2.75, 3.05) is 13.1 Å². The maximum absolute atomic E-state index is 14.1. The molecule has 0 saturated carbocycles. The number of ether oxygens (including phenoxy) is 1. The van der Waals surface area contributed by atoms with Crippen LogP contribution in [0.3, 0.4) is 0 Å². The summed E-state index contributed by atoms with van der Waals surface area (Å²) in [5.74, 6) is -0.325. The molecule has 1 aromatic heterocycles. The lowest BCUT2D eigenvalue weighted by Gasteiger charge is -2.33. The first-order valence-electron chi connectivity index (χ1n) is 8.32. The molecule has 5 nitrogen and oxygen atoms in total. The van der Waals surface area contributed by atoms with Gasteiger partial charge in [0.25, 0.3) is 0 Å². The van der Waals surface area contributed by atoms with Gasteiger partial charge in [0.05, 0.1) is 11.2 Å². The number of amides is 1. The van der Waals surface area contributed by atoms with Crippen molar-refractivity contribution in [3.05, 3.63) is 34.9 Å². The average molecular weight is 366 g/mol. The van der Waals surface area contributed by atoms with Crippen LogP contribution in [0.5, 0.6) is 0 Å². The molecule has 0 N–H and O–H groups in total. The Bertz CT molecular complexity index is 799. The van der Waals surface area contributed by atoms with Gasteiger partial charge in [0.1, 0.15) is 11.1 Å². The maximum Gasteiger partial charge on any atom is 0.410 e. The van der Waals surface area contributed by atoms with Gasteiger partial charge in [-0.25, -0.2) is 14.2 Å². The molecule has 0 radical (unpaired) electrons. The number of hydrogen-bond acceptors (Lipinski definition) is 4. The van der Waals surface area contributed by atoms with Gasteiger partial charge in [0.2, 0.25) is 0 Å². The third-order valence-electron chi connectivity index (χ3n) is 4.15. The summed E-state index contributed by atoms with van der Waals surface area (Å²) in [5, 5.41) is 0.303. The van der Waals surface area contributed by atoms with Crippen molar-refractivity contribution >= 4 is 28.7 Å². The number of rotatable bonds is 1. The first kappa shape index (κ1) is 17.9. The molecule has 1 aliphatic heterocycles. The highest BCUT2D eigenvalue weighted by molar-refractivity contribution is 6.31. The highest BCUT2D eigenvalue weighted by Gasteiger charge is 2.28. The molecule has 0 spiro atoms. The first-order valence-corrected chi connectivity index (χ1v) is 8.70. The minimum absolute atomic E-state index is 0.144. The van der Waals surface area contributed by atoms with Crippen molar-refractivity contribution in [1.82, 2.24) is 14.9 Å². The van der Waals surface area contributed by atoms with E-state index in [9.17, 15) is 9.18 Å².